The number of hydrogen-bond donors (Lipinski definition) is 0. The Kier molecular flexibility index (Phi) is 8.45. The first-order valence-corrected chi connectivity index (χ1v) is 14.7. The molecule has 0 spiro atoms. The Bertz CT molecular complexity index is 1220. The van der Waals surface area contributed by atoms with Gasteiger partial charge in [-0.15, -0.1) is 6.58 Å². The number of aryl methyl sites for hydroxylation is 1. The number of benzene rings is 2. The summed E-state index contributed by atoms with van der Waals surface area (Å²) in [6.45, 7) is 5.90. The van der Waals surface area contributed by atoms with E-state index < -0.39 is 23.3 Å². The van der Waals surface area contributed by atoms with Gasteiger partial charge in [-0.1, -0.05) is 63.7 Å². The van der Waals surface area contributed by atoms with Crippen LogP contribution in [-0.2, 0) is 12.8 Å². The number of rotatable bonds is 9. The molecule has 0 radical (unpaired) electrons. The fourth-order valence-corrected chi connectivity index (χ4v) is 7.27. The van der Waals surface area contributed by atoms with Crippen molar-refractivity contribution in [2.45, 2.75) is 96.8 Å². The van der Waals surface area contributed by atoms with E-state index >= 15 is 13.2 Å². The van der Waals surface area contributed by atoms with Crippen molar-refractivity contribution in [1.82, 2.24) is 0 Å². The molecule has 4 heteroatoms. The minimum atomic E-state index is -1.08. The molecule has 0 aliphatic heterocycles. The molecule has 1 saturated carbocycles. The summed E-state index contributed by atoms with van der Waals surface area (Å²) in [7, 11) is 0. The number of fused-ring (bicyclic) bond motifs is 3. The Labute approximate surface area is 225 Å². The van der Waals surface area contributed by atoms with Gasteiger partial charge in [0, 0.05) is 16.7 Å². The van der Waals surface area contributed by atoms with E-state index in [9.17, 15) is 4.39 Å². The van der Waals surface area contributed by atoms with E-state index in [1.807, 2.05) is 0 Å². The molecular weight excluding hydrogens is 484 g/mol. The highest BCUT2D eigenvalue weighted by molar-refractivity contribution is 5.81. The van der Waals surface area contributed by atoms with Crippen LogP contribution in [0, 0.1) is 41.0 Å². The second kappa shape index (κ2) is 11.8. The number of halogens is 4. The predicted molar refractivity (Wildman–Crippen MR) is 148 cm³/mol. The van der Waals surface area contributed by atoms with E-state index in [4.69, 9.17) is 0 Å². The lowest BCUT2D eigenvalue weighted by molar-refractivity contribution is 0.187. The highest BCUT2D eigenvalue weighted by Gasteiger charge is 2.34. The molecule has 5 rings (SSSR count). The number of unbranched alkanes of at least 4 members (excludes halogenated alkanes) is 2. The summed E-state index contributed by atoms with van der Waals surface area (Å²) in [5, 5.41) is 0. The van der Waals surface area contributed by atoms with Gasteiger partial charge in [0.15, 0.2) is 23.3 Å². The van der Waals surface area contributed by atoms with Crippen molar-refractivity contribution < 1.29 is 17.6 Å². The van der Waals surface area contributed by atoms with Crippen LogP contribution in [0.3, 0.4) is 0 Å². The van der Waals surface area contributed by atoms with E-state index in [2.05, 4.69) is 19.6 Å². The quantitative estimate of drug-likeness (QED) is 0.148. The lowest BCUT2D eigenvalue weighted by atomic mass is 9.70. The second-order valence-electron chi connectivity index (χ2n) is 11.8. The maximum Gasteiger partial charge on any atom is 0.167 e. The van der Waals surface area contributed by atoms with E-state index in [1.165, 1.54) is 51.4 Å². The summed E-state index contributed by atoms with van der Waals surface area (Å²) >= 11 is 0. The van der Waals surface area contributed by atoms with Gasteiger partial charge in [-0.05, 0) is 97.5 Å². The molecule has 0 N–H and O–H groups in total. The first-order valence-electron chi connectivity index (χ1n) is 14.7. The molecule has 1 unspecified atom stereocenters. The van der Waals surface area contributed by atoms with Crippen LogP contribution in [0.5, 0.6) is 0 Å². The van der Waals surface area contributed by atoms with Gasteiger partial charge in [0.1, 0.15) is 0 Å². The molecule has 2 aromatic carbocycles. The van der Waals surface area contributed by atoms with E-state index in [1.54, 1.807) is 18.2 Å². The Morgan fingerprint density at radius 2 is 1.55 bits per heavy atom. The molecule has 38 heavy (non-hydrogen) atoms. The molecule has 0 nitrogen and oxygen atoms in total. The lowest BCUT2D eigenvalue weighted by Crippen LogP contribution is -2.23. The van der Waals surface area contributed by atoms with Crippen molar-refractivity contribution in [2.75, 3.05) is 0 Å². The van der Waals surface area contributed by atoms with Crippen molar-refractivity contribution in [2.24, 2.45) is 17.8 Å². The minimum Gasteiger partial charge on any atom is -0.203 e. The molecule has 204 valence electrons. The summed E-state index contributed by atoms with van der Waals surface area (Å²) in [6.07, 6.45) is 18.1. The maximum atomic E-state index is 15.4. The largest absolute Gasteiger partial charge is 0.203 e. The van der Waals surface area contributed by atoms with Gasteiger partial charge in [0.25, 0.3) is 0 Å². The topological polar surface area (TPSA) is 0 Å². The second-order valence-corrected chi connectivity index (χ2v) is 11.8. The van der Waals surface area contributed by atoms with Gasteiger partial charge in [-0.2, -0.15) is 0 Å². The highest BCUT2D eigenvalue weighted by atomic mass is 19.2. The number of allylic oxidation sites excluding steroid dienone is 3. The van der Waals surface area contributed by atoms with E-state index in [0.717, 1.165) is 36.7 Å². The molecule has 0 bridgehead atoms. The zero-order valence-corrected chi connectivity index (χ0v) is 22.7. The van der Waals surface area contributed by atoms with Crippen LogP contribution >= 0.6 is 0 Å². The molecule has 0 amide bonds. The highest BCUT2D eigenvalue weighted by Crippen LogP contribution is 2.46. The van der Waals surface area contributed by atoms with E-state index in [-0.39, 0.29) is 23.1 Å². The zero-order chi connectivity index (χ0) is 26.8. The van der Waals surface area contributed by atoms with Crippen molar-refractivity contribution in [3.63, 3.8) is 0 Å². The average Bonchev–Trinajstić information content (AvgIpc) is 3.31. The lowest BCUT2D eigenvalue weighted by Gasteiger charge is -2.35. The molecule has 2 aromatic rings. The first kappa shape index (κ1) is 27.2. The molecule has 0 heterocycles. The number of hydrogen-bond acceptors (Lipinski definition) is 0. The summed E-state index contributed by atoms with van der Waals surface area (Å²) in [5.41, 5.74) is 2.23. The monoisotopic (exact) mass is 524 g/mol. The molecule has 1 atom stereocenters. The summed E-state index contributed by atoms with van der Waals surface area (Å²) in [4.78, 5) is 0. The maximum absolute atomic E-state index is 15.4. The predicted octanol–water partition coefficient (Wildman–Crippen LogP) is 10.5. The van der Waals surface area contributed by atoms with Crippen LogP contribution in [-0.4, -0.2) is 0 Å². The molecule has 1 fully saturated rings. The normalized spacial score (nSPS) is 22.7. The van der Waals surface area contributed by atoms with Crippen LogP contribution < -0.4 is 0 Å². The van der Waals surface area contributed by atoms with Gasteiger partial charge >= 0.3 is 0 Å². The summed E-state index contributed by atoms with van der Waals surface area (Å²) in [6, 6.07) is 3.29. The molecule has 3 aliphatic rings. The van der Waals surface area contributed by atoms with Gasteiger partial charge in [0.2, 0.25) is 0 Å². The van der Waals surface area contributed by atoms with Crippen molar-refractivity contribution in [3.8, 4) is 11.1 Å². The molecule has 3 aliphatic carbocycles. The average molecular weight is 525 g/mol. The Balaban J connectivity index is 1.31. The molecular formula is C34H40F4. The standard InChI is InChI=1S/C34H40F4/c1-3-5-7-8-21-10-12-22(13-11-21)23-14-16-24(17-15-23)28-20-27-19-26-18-25(9-6-4-2)31(35)33(37)29(26)30(27)34(38)32(28)36/h4,16,18,20-23H,2-3,5-15,17,19H2,1H3. The van der Waals surface area contributed by atoms with Crippen LogP contribution in [0.4, 0.5) is 17.6 Å². The van der Waals surface area contributed by atoms with Crippen LogP contribution in [0.1, 0.15) is 106 Å². The molecule has 0 aromatic heterocycles. The van der Waals surface area contributed by atoms with Crippen molar-refractivity contribution >= 4 is 5.57 Å². The summed E-state index contributed by atoms with van der Waals surface area (Å²) in [5.74, 6) is -1.81. The zero-order valence-electron chi connectivity index (χ0n) is 22.7. The van der Waals surface area contributed by atoms with Crippen molar-refractivity contribution in [3.05, 3.63) is 76.4 Å². The molecule has 0 saturated heterocycles. The van der Waals surface area contributed by atoms with Gasteiger partial charge < -0.3 is 0 Å². The van der Waals surface area contributed by atoms with Crippen LogP contribution in [0.2, 0.25) is 0 Å². The Morgan fingerprint density at radius 1 is 0.842 bits per heavy atom. The summed E-state index contributed by atoms with van der Waals surface area (Å²) < 4.78 is 60.6. The Hall–Kier alpha value is -2.36. The smallest absolute Gasteiger partial charge is 0.167 e. The van der Waals surface area contributed by atoms with Gasteiger partial charge in [0.05, 0.1) is 0 Å². The van der Waals surface area contributed by atoms with Crippen molar-refractivity contribution in [1.29, 1.82) is 0 Å². The third-order valence-corrected chi connectivity index (χ3v) is 9.47. The van der Waals surface area contributed by atoms with Gasteiger partial charge in [-0.3, -0.25) is 0 Å². The first-order chi connectivity index (χ1) is 18.4. The van der Waals surface area contributed by atoms with Crippen LogP contribution in [0.15, 0.2) is 30.9 Å². The minimum absolute atomic E-state index is 0.113. The van der Waals surface area contributed by atoms with Crippen LogP contribution in [0.25, 0.3) is 16.7 Å². The third kappa shape index (κ3) is 5.25. The fraction of sp³-hybridized carbons (Fsp3) is 0.529. The fourth-order valence-electron chi connectivity index (χ4n) is 7.27. The Morgan fingerprint density at radius 3 is 2.21 bits per heavy atom. The SMILES string of the molecule is C=CCCc1cc2c(c(F)c1F)-c1c(cc(C3=CCC(C4CCC(CCCCC)CC4)CC3)c(F)c1F)C2. The third-order valence-electron chi connectivity index (χ3n) is 9.47. The van der Waals surface area contributed by atoms with Gasteiger partial charge in [-0.25, -0.2) is 17.6 Å². The van der Waals surface area contributed by atoms with E-state index in [0.29, 0.717) is 35.4 Å².